The lowest BCUT2D eigenvalue weighted by atomic mass is 9.98. The standard InChI is InChI=1S/C21H19F3N2O5/c22-21(23,24)18(19(28)29)26-17(27)9-10-25-20(30)31-11-16-14-7-3-1-5-12(14)13-6-2-4-8-15(13)16/h1-8,16,18H,9-11H2,(H,25,30)(H,26,27)(H,28,29). The molecule has 3 N–H and O–H groups in total. The largest absolute Gasteiger partial charge is 0.479 e. The average Bonchev–Trinajstić information content (AvgIpc) is 3.03. The molecule has 0 bridgehead atoms. The van der Waals surface area contributed by atoms with E-state index in [0.29, 0.717) is 0 Å². The fourth-order valence-electron chi connectivity index (χ4n) is 3.44. The van der Waals surface area contributed by atoms with Gasteiger partial charge in [0, 0.05) is 18.9 Å². The van der Waals surface area contributed by atoms with Gasteiger partial charge in [-0.25, -0.2) is 9.59 Å². The van der Waals surface area contributed by atoms with Gasteiger partial charge >= 0.3 is 18.2 Å². The highest BCUT2D eigenvalue weighted by Gasteiger charge is 2.46. The van der Waals surface area contributed by atoms with Gasteiger partial charge in [0.1, 0.15) is 6.61 Å². The molecule has 1 atom stereocenters. The van der Waals surface area contributed by atoms with E-state index in [1.165, 1.54) is 5.32 Å². The van der Waals surface area contributed by atoms with Crippen LogP contribution in [-0.2, 0) is 14.3 Å². The molecule has 2 aromatic carbocycles. The van der Waals surface area contributed by atoms with Gasteiger partial charge in [-0.3, -0.25) is 4.79 Å². The molecule has 164 valence electrons. The SMILES string of the molecule is O=C(CCNC(=O)OCC1c2ccccc2-c2ccccc21)NC(C(=O)O)C(F)(F)F. The Kier molecular flexibility index (Phi) is 6.47. The van der Waals surface area contributed by atoms with Crippen LogP contribution in [0.25, 0.3) is 11.1 Å². The summed E-state index contributed by atoms with van der Waals surface area (Å²) in [7, 11) is 0. The molecule has 10 heteroatoms. The fourth-order valence-corrected chi connectivity index (χ4v) is 3.44. The fraction of sp³-hybridized carbons (Fsp3) is 0.286. The van der Waals surface area contributed by atoms with E-state index in [1.54, 1.807) is 0 Å². The number of carboxylic acid groups (broad SMARTS) is 1. The van der Waals surface area contributed by atoms with E-state index < -0.39 is 36.6 Å². The van der Waals surface area contributed by atoms with Gasteiger partial charge in [0.25, 0.3) is 0 Å². The van der Waals surface area contributed by atoms with Crippen molar-refractivity contribution < 1.29 is 37.4 Å². The number of hydrogen-bond donors (Lipinski definition) is 3. The number of alkyl carbamates (subject to hydrolysis) is 1. The number of nitrogens with one attached hydrogen (secondary N) is 2. The number of carbonyl (C=O) groups is 3. The van der Waals surface area contributed by atoms with Gasteiger partial charge < -0.3 is 20.5 Å². The van der Waals surface area contributed by atoms with Crippen LogP contribution >= 0.6 is 0 Å². The van der Waals surface area contributed by atoms with Crippen LogP contribution in [0.3, 0.4) is 0 Å². The molecule has 1 unspecified atom stereocenters. The van der Waals surface area contributed by atoms with E-state index in [4.69, 9.17) is 9.84 Å². The molecule has 0 spiro atoms. The highest BCUT2D eigenvalue weighted by atomic mass is 19.4. The van der Waals surface area contributed by atoms with E-state index in [1.807, 2.05) is 48.5 Å². The van der Waals surface area contributed by atoms with Gasteiger partial charge in [0.2, 0.25) is 11.9 Å². The molecule has 0 aromatic heterocycles. The van der Waals surface area contributed by atoms with E-state index in [2.05, 4.69) is 5.32 Å². The Balaban J connectivity index is 1.49. The predicted molar refractivity (Wildman–Crippen MR) is 103 cm³/mol. The number of amides is 2. The minimum Gasteiger partial charge on any atom is -0.479 e. The Morgan fingerprint density at radius 3 is 2.06 bits per heavy atom. The van der Waals surface area contributed by atoms with Crippen LogP contribution in [-0.4, -0.2) is 48.4 Å². The first-order valence-electron chi connectivity index (χ1n) is 9.36. The third-order valence-corrected chi connectivity index (χ3v) is 4.84. The molecule has 0 saturated heterocycles. The number of alkyl halides is 3. The molecule has 7 nitrogen and oxygen atoms in total. The number of ether oxygens (including phenoxy) is 1. The van der Waals surface area contributed by atoms with E-state index in [0.717, 1.165) is 22.3 Å². The van der Waals surface area contributed by atoms with Crippen LogP contribution in [0, 0.1) is 0 Å². The van der Waals surface area contributed by atoms with Crippen LogP contribution in [0.15, 0.2) is 48.5 Å². The first kappa shape index (κ1) is 22.1. The van der Waals surface area contributed by atoms with Gasteiger partial charge in [-0.2, -0.15) is 13.2 Å². The molecule has 1 aliphatic rings. The molecule has 0 saturated carbocycles. The predicted octanol–water partition coefficient (Wildman–Crippen LogP) is 3.05. The number of benzene rings is 2. The number of aliphatic carboxylic acids is 1. The van der Waals surface area contributed by atoms with Crippen LogP contribution < -0.4 is 10.6 Å². The molecule has 1 aliphatic carbocycles. The minimum absolute atomic E-state index is 0.0429. The molecule has 2 amide bonds. The summed E-state index contributed by atoms with van der Waals surface area (Å²) in [5.41, 5.74) is 4.15. The first-order valence-corrected chi connectivity index (χ1v) is 9.36. The van der Waals surface area contributed by atoms with Crippen molar-refractivity contribution in [3.05, 3.63) is 59.7 Å². The van der Waals surface area contributed by atoms with Crippen LogP contribution in [0.1, 0.15) is 23.5 Å². The molecule has 3 rings (SSSR count). The second-order valence-corrected chi connectivity index (χ2v) is 6.88. The highest BCUT2D eigenvalue weighted by Crippen LogP contribution is 2.44. The summed E-state index contributed by atoms with van der Waals surface area (Å²) in [6.45, 7) is -0.270. The van der Waals surface area contributed by atoms with Crippen molar-refractivity contribution in [1.29, 1.82) is 0 Å². The lowest BCUT2D eigenvalue weighted by Gasteiger charge is -2.17. The normalized spacial score (nSPS) is 13.6. The monoisotopic (exact) mass is 436 g/mol. The maximum absolute atomic E-state index is 12.6. The molecule has 0 radical (unpaired) electrons. The first-order chi connectivity index (χ1) is 14.7. The van der Waals surface area contributed by atoms with Gasteiger partial charge in [-0.05, 0) is 22.3 Å². The zero-order chi connectivity index (χ0) is 22.6. The van der Waals surface area contributed by atoms with E-state index in [9.17, 15) is 27.6 Å². The Morgan fingerprint density at radius 1 is 1.00 bits per heavy atom. The highest BCUT2D eigenvalue weighted by molar-refractivity contribution is 5.84. The summed E-state index contributed by atoms with van der Waals surface area (Å²) in [6, 6.07) is 12.5. The summed E-state index contributed by atoms with van der Waals surface area (Å²) in [5.74, 6) is -3.54. The van der Waals surface area contributed by atoms with Gasteiger partial charge in [0.05, 0.1) is 0 Å². The van der Waals surface area contributed by atoms with Crippen LogP contribution in [0.4, 0.5) is 18.0 Å². The summed E-state index contributed by atoms with van der Waals surface area (Å²) in [5, 5.41) is 12.2. The lowest BCUT2D eigenvalue weighted by Crippen LogP contribution is -2.51. The maximum Gasteiger partial charge on any atom is 0.419 e. The van der Waals surface area contributed by atoms with Crippen molar-refractivity contribution in [2.24, 2.45) is 0 Å². The van der Waals surface area contributed by atoms with Crippen molar-refractivity contribution in [1.82, 2.24) is 10.6 Å². The van der Waals surface area contributed by atoms with Crippen molar-refractivity contribution in [3.63, 3.8) is 0 Å². The Bertz CT molecular complexity index is 947. The second kappa shape index (κ2) is 9.07. The molecule has 2 aromatic rings. The quantitative estimate of drug-likeness (QED) is 0.619. The number of halogens is 3. The average molecular weight is 436 g/mol. The van der Waals surface area contributed by atoms with Crippen molar-refractivity contribution >= 4 is 18.0 Å². The van der Waals surface area contributed by atoms with Crippen molar-refractivity contribution in [3.8, 4) is 11.1 Å². The third-order valence-electron chi connectivity index (χ3n) is 4.84. The van der Waals surface area contributed by atoms with Crippen molar-refractivity contribution in [2.75, 3.05) is 13.2 Å². The van der Waals surface area contributed by atoms with Crippen LogP contribution in [0.2, 0.25) is 0 Å². The maximum atomic E-state index is 12.6. The van der Waals surface area contributed by atoms with Gasteiger partial charge in [-0.15, -0.1) is 0 Å². The summed E-state index contributed by atoms with van der Waals surface area (Å²) < 4.78 is 42.9. The molecular weight excluding hydrogens is 417 g/mol. The third kappa shape index (κ3) is 5.14. The summed E-state index contributed by atoms with van der Waals surface area (Å²) in [6.07, 6.45) is -6.49. The Morgan fingerprint density at radius 2 is 1.55 bits per heavy atom. The Hall–Kier alpha value is -3.56. The molecule has 31 heavy (non-hydrogen) atoms. The number of rotatable bonds is 7. The van der Waals surface area contributed by atoms with Crippen LogP contribution in [0.5, 0.6) is 0 Å². The smallest absolute Gasteiger partial charge is 0.419 e. The second-order valence-electron chi connectivity index (χ2n) is 6.88. The van der Waals surface area contributed by atoms with Crippen molar-refractivity contribution in [2.45, 2.75) is 24.6 Å². The number of fused-ring (bicyclic) bond motifs is 3. The lowest BCUT2D eigenvalue weighted by molar-refractivity contribution is -0.182. The Labute approximate surface area is 175 Å². The number of carboxylic acids is 1. The minimum atomic E-state index is -5.12. The van der Waals surface area contributed by atoms with Gasteiger partial charge in [-0.1, -0.05) is 48.5 Å². The topological polar surface area (TPSA) is 105 Å². The van der Waals surface area contributed by atoms with E-state index in [-0.39, 0.29) is 19.1 Å². The number of hydrogen-bond acceptors (Lipinski definition) is 4. The van der Waals surface area contributed by atoms with E-state index >= 15 is 0 Å². The zero-order valence-corrected chi connectivity index (χ0v) is 16.1. The molecule has 0 heterocycles. The summed E-state index contributed by atoms with van der Waals surface area (Å²) in [4.78, 5) is 34.1. The zero-order valence-electron chi connectivity index (χ0n) is 16.1. The molecule has 0 aliphatic heterocycles. The molecular formula is C21H19F3N2O5. The molecule has 0 fully saturated rings. The number of carbonyl (C=O) groups excluding carboxylic acids is 2. The summed E-state index contributed by atoms with van der Waals surface area (Å²) >= 11 is 0. The van der Waals surface area contributed by atoms with Gasteiger partial charge in [0.15, 0.2) is 0 Å².